The minimum atomic E-state index is -3.84. The highest BCUT2D eigenvalue weighted by Crippen LogP contribution is 2.22. The number of benzene rings is 2. The lowest BCUT2D eigenvalue weighted by Crippen LogP contribution is -2.45. The van der Waals surface area contributed by atoms with Gasteiger partial charge in [-0.05, 0) is 61.7 Å². The first-order valence-electron chi connectivity index (χ1n) is 9.22. The molecule has 0 aliphatic carbocycles. The zero-order chi connectivity index (χ0) is 20.1. The number of sulfonamides is 1. The summed E-state index contributed by atoms with van der Waals surface area (Å²) in [5.74, 6) is 0.332. The van der Waals surface area contributed by atoms with Gasteiger partial charge in [-0.25, -0.2) is 13.4 Å². The number of carbonyl (C=O) groups is 1. The topological polar surface area (TPSA) is 87.7 Å². The van der Waals surface area contributed by atoms with Crippen molar-refractivity contribution in [1.82, 2.24) is 10.4 Å². The maximum atomic E-state index is 12.9. The number of carbonyl (C=O) groups excluding carboxylic acids is 1. The minimum Gasteiger partial charge on any atom is -0.497 e. The number of hydrogen-bond donors (Lipinski definition) is 2. The van der Waals surface area contributed by atoms with Gasteiger partial charge in [0.05, 0.1) is 12.0 Å². The molecule has 1 amide bonds. The molecular weight excluding hydrogens is 378 g/mol. The molecule has 0 saturated carbocycles. The van der Waals surface area contributed by atoms with Gasteiger partial charge in [-0.2, -0.15) is 0 Å². The molecule has 7 nitrogen and oxygen atoms in total. The predicted octanol–water partition coefficient (Wildman–Crippen LogP) is 2.94. The van der Waals surface area contributed by atoms with E-state index in [1.807, 2.05) is 5.01 Å². The summed E-state index contributed by atoms with van der Waals surface area (Å²) in [4.78, 5) is 12.6. The standard InChI is InChI=1S/C20H25N3O4S/c1-15-6-7-16(20(24)21-23-12-4-3-5-13-23)14-19(15)28(25,26)22-17-8-10-18(27-2)11-9-17/h6-11,14,22H,3-5,12-13H2,1-2H3,(H,21,24). The number of hydrogen-bond acceptors (Lipinski definition) is 5. The number of methoxy groups -OCH3 is 1. The largest absolute Gasteiger partial charge is 0.497 e. The summed E-state index contributed by atoms with van der Waals surface area (Å²) >= 11 is 0. The number of amides is 1. The van der Waals surface area contributed by atoms with Crippen molar-refractivity contribution in [3.8, 4) is 5.75 Å². The molecule has 0 spiro atoms. The van der Waals surface area contributed by atoms with Crippen LogP contribution < -0.4 is 14.9 Å². The van der Waals surface area contributed by atoms with Crippen LogP contribution in [-0.4, -0.2) is 39.5 Å². The van der Waals surface area contributed by atoms with Gasteiger partial charge in [-0.15, -0.1) is 0 Å². The van der Waals surface area contributed by atoms with Crippen LogP contribution in [0.2, 0.25) is 0 Å². The molecule has 2 aromatic rings. The van der Waals surface area contributed by atoms with Crippen molar-refractivity contribution >= 4 is 21.6 Å². The first-order chi connectivity index (χ1) is 13.4. The van der Waals surface area contributed by atoms with E-state index < -0.39 is 10.0 Å². The molecule has 1 aliphatic heterocycles. The highest BCUT2D eigenvalue weighted by molar-refractivity contribution is 7.92. The quantitative estimate of drug-likeness (QED) is 0.774. The number of anilines is 1. The normalized spacial score (nSPS) is 15.1. The molecule has 8 heteroatoms. The molecule has 28 heavy (non-hydrogen) atoms. The molecule has 1 saturated heterocycles. The Morgan fingerprint density at radius 2 is 1.71 bits per heavy atom. The molecule has 0 unspecified atom stereocenters. The highest BCUT2D eigenvalue weighted by atomic mass is 32.2. The third kappa shape index (κ3) is 4.82. The second kappa shape index (κ2) is 8.62. The Labute approximate surface area is 165 Å². The second-order valence-corrected chi connectivity index (χ2v) is 8.45. The number of ether oxygens (including phenoxy) is 1. The van der Waals surface area contributed by atoms with E-state index >= 15 is 0 Å². The minimum absolute atomic E-state index is 0.0783. The van der Waals surface area contributed by atoms with Crippen molar-refractivity contribution in [2.24, 2.45) is 0 Å². The maximum Gasteiger partial charge on any atom is 0.265 e. The van der Waals surface area contributed by atoms with Crippen LogP contribution in [0.4, 0.5) is 5.69 Å². The lowest BCUT2D eigenvalue weighted by atomic mass is 10.1. The molecule has 0 radical (unpaired) electrons. The van der Waals surface area contributed by atoms with Gasteiger partial charge < -0.3 is 4.74 Å². The van der Waals surface area contributed by atoms with Crippen LogP contribution in [0, 0.1) is 6.92 Å². The smallest absolute Gasteiger partial charge is 0.265 e. The first kappa shape index (κ1) is 20.2. The van der Waals surface area contributed by atoms with Gasteiger partial charge in [-0.3, -0.25) is 14.9 Å². The molecule has 3 rings (SSSR count). The van der Waals surface area contributed by atoms with Crippen LogP contribution in [0.15, 0.2) is 47.4 Å². The molecule has 2 N–H and O–H groups in total. The van der Waals surface area contributed by atoms with E-state index in [-0.39, 0.29) is 10.8 Å². The van der Waals surface area contributed by atoms with Crippen LogP contribution in [0.1, 0.15) is 35.2 Å². The Hall–Kier alpha value is -2.58. The SMILES string of the molecule is COc1ccc(NS(=O)(=O)c2cc(C(=O)NN3CCCCC3)ccc2C)cc1. The Balaban J connectivity index is 1.79. The molecule has 0 bridgehead atoms. The fourth-order valence-electron chi connectivity index (χ4n) is 3.11. The average Bonchev–Trinajstić information content (AvgIpc) is 2.69. The van der Waals surface area contributed by atoms with Crippen molar-refractivity contribution in [2.75, 3.05) is 24.9 Å². The zero-order valence-corrected chi connectivity index (χ0v) is 16.9. The number of piperidine rings is 1. The van der Waals surface area contributed by atoms with Crippen LogP contribution in [-0.2, 0) is 10.0 Å². The van der Waals surface area contributed by atoms with Gasteiger partial charge >= 0.3 is 0 Å². The highest BCUT2D eigenvalue weighted by Gasteiger charge is 2.21. The Morgan fingerprint density at radius 1 is 1.04 bits per heavy atom. The van der Waals surface area contributed by atoms with E-state index in [0.717, 1.165) is 32.4 Å². The first-order valence-corrected chi connectivity index (χ1v) is 10.7. The third-order valence-corrected chi connectivity index (χ3v) is 6.22. The fraction of sp³-hybridized carbons (Fsp3) is 0.350. The van der Waals surface area contributed by atoms with Crippen LogP contribution in [0.5, 0.6) is 5.75 Å². The van der Waals surface area contributed by atoms with Crippen molar-refractivity contribution < 1.29 is 17.9 Å². The van der Waals surface area contributed by atoms with Gasteiger partial charge in [0.15, 0.2) is 0 Å². The molecule has 150 valence electrons. The second-order valence-electron chi connectivity index (χ2n) is 6.80. The van der Waals surface area contributed by atoms with Crippen LogP contribution in [0.3, 0.4) is 0 Å². The summed E-state index contributed by atoms with van der Waals surface area (Å²) < 4.78 is 33.3. The van der Waals surface area contributed by atoms with Crippen molar-refractivity contribution in [3.63, 3.8) is 0 Å². The predicted molar refractivity (Wildman–Crippen MR) is 108 cm³/mol. The van der Waals surface area contributed by atoms with Crippen LogP contribution >= 0.6 is 0 Å². The van der Waals surface area contributed by atoms with Gasteiger partial charge in [0, 0.05) is 24.3 Å². The van der Waals surface area contributed by atoms with E-state index in [1.165, 1.54) is 6.07 Å². The lowest BCUT2D eigenvalue weighted by Gasteiger charge is -2.26. The third-order valence-electron chi connectivity index (χ3n) is 4.70. The Bertz CT molecular complexity index is 936. The van der Waals surface area contributed by atoms with Gasteiger partial charge in [0.1, 0.15) is 5.75 Å². The van der Waals surface area contributed by atoms with Gasteiger partial charge in [0.25, 0.3) is 15.9 Å². The van der Waals surface area contributed by atoms with Crippen molar-refractivity contribution in [2.45, 2.75) is 31.1 Å². The molecular formula is C20H25N3O4S. The maximum absolute atomic E-state index is 12.9. The summed E-state index contributed by atoms with van der Waals surface area (Å²) in [6.45, 7) is 3.32. The van der Waals surface area contributed by atoms with E-state index in [0.29, 0.717) is 22.6 Å². The van der Waals surface area contributed by atoms with Crippen LogP contribution in [0.25, 0.3) is 0 Å². The summed E-state index contributed by atoms with van der Waals surface area (Å²) in [5.41, 5.74) is 4.16. The number of nitrogens with one attached hydrogen (secondary N) is 2. The lowest BCUT2D eigenvalue weighted by molar-refractivity contribution is 0.0750. The summed E-state index contributed by atoms with van der Waals surface area (Å²) in [7, 11) is -2.29. The average molecular weight is 404 g/mol. The van der Waals surface area contributed by atoms with E-state index in [2.05, 4.69) is 10.1 Å². The van der Waals surface area contributed by atoms with E-state index in [1.54, 1.807) is 50.4 Å². The number of nitrogens with zero attached hydrogens (tertiary/aromatic N) is 1. The zero-order valence-electron chi connectivity index (χ0n) is 16.1. The molecule has 1 aliphatic rings. The van der Waals surface area contributed by atoms with E-state index in [4.69, 9.17) is 4.74 Å². The fourth-order valence-corrected chi connectivity index (χ4v) is 4.44. The van der Waals surface area contributed by atoms with Crippen molar-refractivity contribution in [3.05, 3.63) is 53.6 Å². The number of rotatable bonds is 6. The summed E-state index contributed by atoms with van der Waals surface area (Å²) in [6, 6.07) is 11.3. The van der Waals surface area contributed by atoms with E-state index in [9.17, 15) is 13.2 Å². The Kier molecular flexibility index (Phi) is 6.21. The number of aryl methyl sites for hydroxylation is 1. The Morgan fingerprint density at radius 3 is 2.36 bits per heavy atom. The molecule has 2 aromatic carbocycles. The number of hydrazine groups is 1. The van der Waals surface area contributed by atoms with Gasteiger partial charge in [-0.1, -0.05) is 12.5 Å². The summed E-state index contributed by atoms with van der Waals surface area (Å²) in [6.07, 6.45) is 3.25. The molecule has 1 fully saturated rings. The summed E-state index contributed by atoms with van der Waals surface area (Å²) in [5, 5.41) is 1.88. The molecule has 1 heterocycles. The van der Waals surface area contributed by atoms with Gasteiger partial charge in [0.2, 0.25) is 0 Å². The monoisotopic (exact) mass is 403 g/mol. The molecule has 0 aromatic heterocycles. The molecule has 0 atom stereocenters. The van der Waals surface area contributed by atoms with Crippen molar-refractivity contribution in [1.29, 1.82) is 0 Å².